The molecule has 4 aliphatic carbocycles. The summed E-state index contributed by atoms with van der Waals surface area (Å²) in [5.41, 5.74) is 0.442. The van der Waals surface area contributed by atoms with Crippen LogP contribution in [0, 0.1) is 46.3 Å². The molecule has 0 radical (unpaired) electrons. The summed E-state index contributed by atoms with van der Waals surface area (Å²) >= 11 is 0. The van der Waals surface area contributed by atoms with Gasteiger partial charge in [-0.1, -0.05) is 66.7 Å². The van der Waals surface area contributed by atoms with Crippen LogP contribution in [0.2, 0.25) is 0 Å². The van der Waals surface area contributed by atoms with Gasteiger partial charge in [-0.2, -0.15) is 0 Å². The van der Waals surface area contributed by atoms with Crippen molar-refractivity contribution < 1.29 is 5.11 Å². The Morgan fingerprint density at radius 1 is 0.821 bits per heavy atom. The molecule has 0 spiro atoms. The minimum Gasteiger partial charge on any atom is -0.389 e. The standard InChI is InChI=1S/C27H48O/c1-19(2)9-8-10-20(3)22-11-12-23-21-13-18-27(28)16-7-6-15-26(27,5)24(21)14-17-25(22,23)4/h19-24,28H,6-18H2,1-5H3. The van der Waals surface area contributed by atoms with Gasteiger partial charge in [0.2, 0.25) is 0 Å². The van der Waals surface area contributed by atoms with Crippen LogP contribution < -0.4 is 0 Å². The third-order valence-electron chi connectivity index (χ3n) is 10.9. The molecule has 0 saturated heterocycles. The summed E-state index contributed by atoms with van der Waals surface area (Å²) in [6, 6.07) is 0. The highest BCUT2D eigenvalue weighted by atomic mass is 16.3. The SMILES string of the molecule is CC(C)CCCC(C)C1CCC2C3CCC4(O)CCCCC4(C)C3CCC12C. The van der Waals surface area contributed by atoms with Gasteiger partial charge in [0.25, 0.3) is 0 Å². The minimum absolute atomic E-state index is 0.205. The molecule has 1 N–H and O–H groups in total. The quantitative estimate of drug-likeness (QED) is 0.513. The number of hydrogen-bond acceptors (Lipinski definition) is 1. The zero-order valence-electron chi connectivity index (χ0n) is 19.6. The van der Waals surface area contributed by atoms with Crippen molar-refractivity contribution in [2.45, 2.75) is 124 Å². The second-order valence-corrected chi connectivity index (χ2v) is 12.6. The lowest BCUT2D eigenvalue weighted by Gasteiger charge is -2.63. The number of hydrogen-bond donors (Lipinski definition) is 1. The summed E-state index contributed by atoms with van der Waals surface area (Å²) in [4.78, 5) is 0. The van der Waals surface area contributed by atoms with E-state index < -0.39 is 0 Å². The first-order chi connectivity index (χ1) is 13.2. The Hall–Kier alpha value is -0.0400. The maximum Gasteiger partial charge on any atom is 0.0703 e. The van der Waals surface area contributed by atoms with Gasteiger partial charge in [0.15, 0.2) is 0 Å². The van der Waals surface area contributed by atoms with E-state index in [1.807, 2.05) is 0 Å². The van der Waals surface area contributed by atoms with E-state index in [9.17, 15) is 5.11 Å². The molecule has 0 aromatic rings. The maximum atomic E-state index is 11.6. The van der Waals surface area contributed by atoms with Gasteiger partial charge in [-0.3, -0.25) is 0 Å². The van der Waals surface area contributed by atoms with Crippen molar-refractivity contribution in [3.63, 3.8) is 0 Å². The molecule has 0 aromatic carbocycles. The van der Waals surface area contributed by atoms with Crippen LogP contribution in [-0.4, -0.2) is 10.7 Å². The molecule has 8 unspecified atom stereocenters. The summed E-state index contributed by atoms with van der Waals surface area (Å²) < 4.78 is 0. The zero-order valence-corrected chi connectivity index (χ0v) is 19.6. The predicted octanol–water partition coefficient (Wildman–Crippen LogP) is 7.61. The minimum atomic E-state index is -0.345. The molecular weight excluding hydrogens is 340 g/mol. The van der Waals surface area contributed by atoms with Gasteiger partial charge >= 0.3 is 0 Å². The van der Waals surface area contributed by atoms with Crippen LogP contribution in [-0.2, 0) is 0 Å². The van der Waals surface area contributed by atoms with Gasteiger partial charge in [-0.15, -0.1) is 0 Å². The maximum absolute atomic E-state index is 11.6. The van der Waals surface area contributed by atoms with E-state index in [1.54, 1.807) is 0 Å². The summed E-state index contributed by atoms with van der Waals surface area (Å²) in [7, 11) is 0. The Balaban J connectivity index is 1.49. The molecule has 4 aliphatic rings. The highest BCUT2D eigenvalue weighted by Gasteiger charge is 2.63. The summed E-state index contributed by atoms with van der Waals surface area (Å²) in [6.45, 7) is 12.5. The van der Waals surface area contributed by atoms with Crippen LogP contribution in [0.4, 0.5) is 0 Å². The molecule has 0 aromatic heterocycles. The highest BCUT2D eigenvalue weighted by molar-refractivity contribution is 5.13. The molecule has 4 rings (SSSR count). The number of fused-ring (bicyclic) bond motifs is 5. The van der Waals surface area contributed by atoms with Gasteiger partial charge in [-0.25, -0.2) is 0 Å². The van der Waals surface area contributed by atoms with Crippen molar-refractivity contribution in [2.24, 2.45) is 46.3 Å². The summed E-state index contributed by atoms with van der Waals surface area (Å²) in [5.74, 6) is 5.33. The van der Waals surface area contributed by atoms with E-state index in [4.69, 9.17) is 0 Å². The Bertz CT molecular complexity index is 554. The number of rotatable bonds is 5. The molecule has 1 nitrogen and oxygen atoms in total. The van der Waals surface area contributed by atoms with Crippen LogP contribution >= 0.6 is 0 Å². The van der Waals surface area contributed by atoms with E-state index in [-0.39, 0.29) is 11.0 Å². The van der Waals surface area contributed by atoms with Crippen LogP contribution in [0.1, 0.15) is 118 Å². The third kappa shape index (κ3) is 3.21. The largest absolute Gasteiger partial charge is 0.389 e. The molecule has 162 valence electrons. The Morgan fingerprint density at radius 3 is 2.32 bits per heavy atom. The van der Waals surface area contributed by atoms with E-state index in [2.05, 4.69) is 34.6 Å². The molecular formula is C27H48O. The van der Waals surface area contributed by atoms with Crippen molar-refractivity contribution >= 4 is 0 Å². The van der Waals surface area contributed by atoms with Crippen molar-refractivity contribution in [1.82, 2.24) is 0 Å². The monoisotopic (exact) mass is 388 g/mol. The van der Waals surface area contributed by atoms with Crippen LogP contribution in [0.25, 0.3) is 0 Å². The lowest BCUT2D eigenvalue weighted by atomic mass is 9.43. The first-order valence-corrected chi connectivity index (χ1v) is 12.9. The fourth-order valence-corrected chi connectivity index (χ4v) is 9.28. The van der Waals surface area contributed by atoms with Crippen LogP contribution in [0.3, 0.4) is 0 Å². The predicted molar refractivity (Wildman–Crippen MR) is 119 cm³/mol. The highest BCUT2D eigenvalue weighted by Crippen LogP contribution is 2.69. The first kappa shape index (κ1) is 21.2. The molecule has 4 saturated carbocycles. The van der Waals surface area contributed by atoms with Crippen LogP contribution in [0.5, 0.6) is 0 Å². The summed E-state index contributed by atoms with van der Waals surface area (Å²) in [6.07, 6.45) is 17.4. The molecule has 1 heteroatoms. The lowest BCUT2D eigenvalue weighted by molar-refractivity contribution is -0.205. The molecule has 0 amide bonds. The lowest BCUT2D eigenvalue weighted by Crippen LogP contribution is -2.61. The molecule has 4 fully saturated rings. The molecule has 8 atom stereocenters. The van der Waals surface area contributed by atoms with Crippen molar-refractivity contribution in [1.29, 1.82) is 0 Å². The first-order valence-electron chi connectivity index (χ1n) is 12.9. The second-order valence-electron chi connectivity index (χ2n) is 12.6. The topological polar surface area (TPSA) is 20.2 Å². The average molecular weight is 389 g/mol. The van der Waals surface area contributed by atoms with Gasteiger partial charge in [0.1, 0.15) is 0 Å². The van der Waals surface area contributed by atoms with Crippen LogP contribution in [0.15, 0.2) is 0 Å². The molecule has 28 heavy (non-hydrogen) atoms. The smallest absolute Gasteiger partial charge is 0.0703 e. The van der Waals surface area contributed by atoms with Gasteiger partial charge < -0.3 is 5.11 Å². The number of aliphatic hydroxyl groups is 1. The Kier molecular flexibility index (Phi) is 5.74. The second kappa shape index (κ2) is 7.58. The van der Waals surface area contributed by atoms with E-state index in [0.29, 0.717) is 5.41 Å². The van der Waals surface area contributed by atoms with E-state index in [0.717, 1.165) is 48.3 Å². The molecule has 0 heterocycles. The van der Waals surface area contributed by atoms with Crippen molar-refractivity contribution in [3.05, 3.63) is 0 Å². The van der Waals surface area contributed by atoms with Gasteiger partial charge in [0, 0.05) is 0 Å². The average Bonchev–Trinajstić information content (AvgIpc) is 2.99. The van der Waals surface area contributed by atoms with Gasteiger partial charge in [-0.05, 0) is 97.7 Å². The van der Waals surface area contributed by atoms with E-state index >= 15 is 0 Å². The normalized spacial score (nSPS) is 49.4. The zero-order chi connectivity index (χ0) is 20.2. The Labute approximate surface area is 175 Å². The van der Waals surface area contributed by atoms with Crippen molar-refractivity contribution in [3.8, 4) is 0 Å². The van der Waals surface area contributed by atoms with Gasteiger partial charge in [0.05, 0.1) is 5.60 Å². The van der Waals surface area contributed by atoms with E-state index in [1.165, 1.54) is 70.6 Å². The fourth-order valence-electron chi connectivity index (χ4n) is 9.28. The molecule has 0 bridgehead atoms. The summed E-state index contributed by atoms with van der Waals surface area (Å²) in [5, 5.41) is 11.6. The van der Waals surface area contributed by atoms with Crippen molar-refractivity contribution in [2.75, 3.05) is 0 Å². The third-order valence-corrected chi connectivity index (χ3v) is 10.9. The fraction of sp³-hybridized carbons (Fsp3) is 1.00. The molecule has 0 aliphatic heterocycles. The Morgan fingerprint density at radius 2 is 1.57 bits per heavy atom.